The molecule has 3 nitrogen and oxygen atoms in total. The number of piperidine rings is 1. The molecule has 2 fully saturated rings. The predicted octanol–water partition coefficient (Wildman–Crippen LogP) is 5.48. The van der Waals surface area contributed by atoms with Crippen molar-refractivity contribution in [1.82, 2.24) is 5.32 Å². The van der Waals surface area contributed by atoms with Crippen LogP contribution in [0.5, 0.6) is 0 Å². The molecule has 2 bridgehead atoms. The first kappa shape index (κ1) is 22.8. The van der Waals surface area contributed by atoms with Gasteiger partial charge in [-0.25, -0.2) is 0 Å². The minimum Gasteiger partial charge on any atom is -0.371 e. The highest BCUT2D eigenvalue weighted by molar-refractivity contribution is 5.57. The molecule has 32 heavy (non-hydrogen) atoms. The fourth-order valence-corrected chi connectivity index (χ4v) is 4.89. The predicted molar refractivity (Wildman–Crippen MR) is 103 cm³/mol. The lowest BCUT2D eigenvalue weighted by Gasteiger charge is -2.42. The molecular formula is C23H21F6NO2. The Bertz CT molecular complexity index is 942. The average Bonchev–Trinajstić information content (AvgIpc) is 3.06. The van der Waals surface area contributed by atoms with Crippen LogP contribution in [-0.4, -0.2) is 18.4 Å². The van der Waals surface area contributed by atoms with Gasteiger partial charge in [0, 0.05) is 12.0 Å². The smallest absolute Gasteiger partial charge is 0.371 e. The highest BCUT2D eigenvalue weighted by Crippen LogP contribution is 2.47. The number of aldehydes is 1. The number of carbonyl (C=O) groups is 1. The summed E-state index contributed by atoms with van der Waals surface area (Å²) in [7, 11) is 0. The highest BCUT2D eigenvalue weighted by atomic mass is 19.4. The van der Waals surface area contributed by atoms with E-state index in [9.17, 15) is 31.1 Å². The molecule has 4 rings (SSSR count). The Hall–Kier alpha value is -2.39. The van der Waals surface area contributed by atoms with Crippen LogP contribution in [0.2, 0.25) is 0 Å². The van der Waals surface area contributed by atoms with E-state index < -0.39 is 41.7 Å². The van der Waals surface area contributed by atoms with E-state index >= 15 is 0 Å². The molecule has 2 aliphatic heterocycles. The second-order valence-electron chi connectivity index (χ2n) is 8.38. The lowest BCUT2D eigenvalue weighted by molar-refractivity contribution is -0.143. The summed E-state index contributed by atoms with van der Waals surface area (Å²) in [5.74, 6) is -0.241. The number of carbonyl (C=O) groups excluding carboxylic acids is 1. The highest BCUT2D eigenvalue weighted by Gasteiger charge is 2.54. The Morgan fingerprint density at radius 2 is 1.59 bits per heavy atom. The zero-order valence-corrected chi connectivity index (χ0v) is 16.8. The number of benzene rings is 2. The summed E-state index contributed by atoms with van der Waals surface area (Å²) in [6.07, 6.45) is -7.84. The normalized spacial score (nSPS) is 28.0. The van der Waals surface area contributed by atoms with E-state index in [1.807, 2.05) is 30.3 Å². The van der Waals surface area contributed by atoms with E-state index in [1.165, 1.54) is 0 Å². The number of hydrogen-bond acceptors (Lipinski definition) is 3. The van der Waals surface area contributed by atoms with E-state index in [4.69, 9.17) is 4.74 Å². The summed E-state index contributed by atoms with van der Waals surface area (Å²) >= 11 is 0. The van der Waals surface area contributed by atoms with Crippen molar-refractivity contribution >= 4 is 6.29 Å². The van der Waals surface area contributed by atoms with Gasteiger partial charge in [-0.2, -0.15) is 26.3 Å². The van der Waals surface area contributed by atoms with Gasteiger partial charge in [-0.1, -0.05) is 30.3 Å². The second kappa shape index (κ2) is 8.19. The van der Waals surface area contributed by atoms with E-state index in [-0.39, 0.29) is 23.6 Å². The van der Waals surface area contributed by atoms with Gasteiger partial charge in [-0.05, 0) is 48.6 Å². The largest absolute Gasteiger partial charge is 0.416 e. The summed E-state index contributed by atoms with van der Waals surface area (Å²) in [6.45, 7) is -0.412. The van der Waals surface area contributed by atoms with Gasteiger partial charge in [0.2, 0.25) is 0 Å². The summed E-state index contributed by atoms with van der Waals surface area (Å²) < 4.78 is 85.0. The number of halogens is 6. The molecule has 9 heteroatoms. The summed E-state index contributed by atoms with van der Waals surface area (Å²) in [5.41, 5.74) is -2.80. The molecule has 0 amide bonds. The molecule has 0 aliphatic carbocycles. The van der Waals surface area contributed by atoms with Crippen molar-refractivity contribution in [2.24, 2.45) is 5.92 Å². The van der Waals surface area contributed by atoms with Gasteiger partial charge in [0.05, 0.1) is 29.4 Å². The second-order valence-corrected chi connectivity index (χ2v) is 8.38. The molecule has 0 spiro atoms. The summed E-state index contributed by atoms with van der Waals surface area (Å²) in [6, 6.07) is 10.7. The maximum Gasteiger partial charge on any atom is 0.416 e. The van der Waals surface area contributed by atoms with Crippen LogP contribution in [0.25, 0.3) is 0 Å². The molecule has 172 valence electrons. The fraction of sp³-hybridized carbons (Fsp3) is 0.435. The van der Waals surface area contributed by atoms with E-state index in [1.54, 1.807) is 0 Å². The molecule has 2 aliphatic rings. The lowest BCUT2D eigenvalue weighted by Crippen LogP contribution is -2.54. The molecule has 4 atom stereocenters. The van der Waals surface area contributed by atoms with Crippen LogP contribution in [0.1, 0.15) is 41.5 Å². The third-order valence-corrected chi connectivity index (χ3v) is 6.37. The molecule has 4 unspecified atom stereocenters. The van der Waals surface area contributed by atoms with Crippen LogP contribution in [0, 0.1) is 5.92 Å². The van der Waals surface area contributed by atoms with Gasteiger partial charge in [-0.3, -0.25) is 0 Å². The Balaban J connectivity index is 1.63. The third kappa shape index (κ3) is 4.28. The van der Waals surface area contributed by atoms with Crippen molar-refractivity contribution in [3.05, 3.63) is 70.8 Å². The SMILES string of the molecule is O=CC1CC2(c3ccccc3)NC1CCC2OCc1cc(C(F)(F)F)cc(C(F)(F)F)c1. The number of ether oxygens (including phenoxy) is 1. The maximum atomic E-state index is 13.2. The first-order chi connectivity index (χ1) is 15.0. The molecule has 1 N–H and O–H groups in total. The topological polar surface area (TPSA) is 38.3 Å². The minimum absolute atomic E-state index is 0.0436. The zero-order chi connectivity index (χ0) is 23.1. The first-order valence-corrected chi connectivity index (χ1v) is 10.2. The number of rotatable bonds is 5. The minimum atomic E-state index is -4.91. The van der Waals surface area contributed by atoms with Crippen LogP contribution < -0.4 is 5.32 Å². The molecule has 2 aromatic carbocycles. The maximum absolute atomic E-state index is 13.2. The molecule has 0 radical (unpaired) electrons. The fourth-order valence-electron chi connectivity index (χ4n) is 4.89. The quantitative estimate of drug-likeness (QED) is 0.478. The van der Waals surface area contributed by atoms with Crippen molar-refractivity contribution in [2.45, 2.75) is 55.9 Å². The number of fused-ring (bicyclic) bond motifs is 2. The van der Waals surface area contributed by atoms with E-state index in [0.29, 0.717) is 31.4 Å². The van der Waals surface area contributed by atoms with Crippen LogP contribution in [-0.2, 0) is 34.0 Å². The van der Waals surface area contributed by atoms with Crippen LogP contribution in [0.4, 0.5) is 26.3 Å². The summed E-state index contributed by atoms with van der Waals surface area (Å²) in [4.78, 5) is 11.6. The Morgan fingerprint density at radius 1 is 0.969 bits per heavy atom. The van der Waals surface area contributed by atoms with E-state index in [2.05, 4.69) is 5.32 Å². The third-order valence-electron chi connectivity index (χ3n) is 6.37. The van der Waals surface area contributed by atoms with Gasteiger partial charge in [0.15, 0.2) is 0 Å². The van der Waals surface area contributed by atoms with Crippen LogP contribution in [0.15, 0.2) is 48.5 Å². The van der Waals surface area contributed by atoms with Crippen molar-refractivity contribution in [3.63, 3.8) is 0 Å². The number of nitrogens with one attached hydrogen (secondary N) is 1. The molecule has 2 heterocycles. The Morgan fingerprint density at radius 3 is 2.16 bits per heavy atom. The Kier molecular flexibility index (Phi) is 5.83. The lowest BCUT2D eigenvalue weighted by atomic mass is 9.80. The van der Waals surface area contributed by atoms with Gasteiger partial charge in [0.25, 0.3) is 0 Å². The molecular weight excluding hydrogens is 436 g/mol. The number of alkyl halides is 6. The molecule has 0 aromatic heterocycles. The van der Waals surface area contributed by atoms with Gasteiger partial charge in [-0.15, -0.1) is 0 Å². The molecule has 2 aromatic rings. The molecule has 2 saturated heterocycles. The van der Waals surface area contributed by atoms with E-state index in [0.717, 1.165) is 11.8 Å². The van der Waals surface area contributed by atoms with Crippen molar-refractivity contribution in [3.8, 4) is 0 Å². The molecule has 0 saturated carbocycles. The van der Waals surface area contributed by atoms with Crippen molar-refractivity contribution < 1.29 is 35.9 Å². The standard InChI is InChI=1S/C23H21F6NO2/c24-22(25,26)17-8-14(9-18(10-17)23(27,28)29)13-32-20-7-6-19-15(12-31)11-21(20,30-19)16-4-2-1-3-5-16/h1-5,8-10,12,15,19-20,30H,6-7,11,13H2. The van der Waals surface area contributed by atoms with Gasteiger partial charge in [0.1, 0.15) is 6.29 Å². The Labute approximate surface area is 180 Å². The van der Waals surface area contributed by atoms with Crippen molar-refractivity contribution in [2.75, 3.05) is 0 Å². The van der Waals surface area contributed by atoms with Crippen LogP contribution in [0.3, 0.4) is 0 Å². The zero-order valence-electron chi connectivity index (χ0n) is 16.8. The summed E-state index contributed by atoms with van der Waals surface area (Å²) in [5, 5.41) is 3.46. The van der Waals surface area contributed by atoms with Gasteiger partial charge >= 0.3 is 12.4 Å². The van der Waals surface area contributed by atoms with Gasteiger partial charge < -0.3 is 14.8 Å². The monoisotopic (exact) mass is 457 g/mol. The van der Waals surface area contributed by atoms with Crippen molar-refractivity contribution in [1.29, 1.82) is 0 Å². The van der Waals surface area contributed by atoms with Crippen LogP contribution >= 0.6 is 0 Å². The number of hydrogen-bond donors (Lipinski definition) is 1. The first-order valence-electron chi connectivity index (χ1n) is 10.2. The average molecular weight is 457 g/mol.